The molecule has 0 unspecified atom stereocenters. The number of pyridine rings is 1. The Morgan fingerprint density at radius 1 is 1.11 bits per heavy atom. The molecule has 0 atom stereocenters. The van der Waals surface area contributed by atoms with Gasteiger partial charge < -0.3 is 4.74 Å². The summed E-state index contributed by atoms with van der Waals surface area (Å²) in [6, 6.07) is 7.01. The fourth-order valence-corrected chi connectivity index (χ4v) is 1.96. The van der Waals surface area contributed by atoms with E-state index in [4.69, 9.17) is 27.9 Å². The lowest BCUT2D eigenvalue weighted by Gasteiger charge is -2.07. The first-order chi connectivity index (χ1) is 8.95. The molecule has 0 saturated heterocycles. The van der Waals surface area contributed by atoms with E-state index in [9.17, 15) is 4.79 Å². The molecule has 2 aromatic rings. The Balaban J connectivity index is 2.22. The molecule has 0 saturated carbocycles. The summed E-state index contributed by atoms with van der Waals surface area (Å²) in [5, 5.41) is 0.376. The molecule has 0 amide bonds. The highest BCUT2D eigenvalue weighted by Crippen LogP contribution is 2.22. The molecule has 0 spiro atoms. The standard InChI is InChI=1S/C14H11Cl2NO2/c1-8-3-9(2)5-11(4-8)19-14(18)10-6-12(15)13(16)17-7-10/h3-7H,1-2H3. The SMILES string of the molecule is Cc1cc(C)cc(OC(=O)c2cnc(Cl)c(Cl)c2)c1. The minimum atomic E-state index is -0.518. The van der Waals surface area contributed by atoms with Crippen molar-refractivity contribution in [2.24, 2.45) is 0 Å². The van der Waals surface area contributed by atoms with Gasteiger partial charge in [-0.2, -0.15) is 0 Å². The van der Waals surface area contributed by atoms with Crippen LogP contribution >= 0.6 is 23.2 Å². The molecule has 0 fully saturated rings. The van der Waals surface area contributed by atoms with Gasteiger partial charge in [-0.3, -0.25) is 0 Å². The molecule has 1 aromatic carbocycles. The van der Waals surface area contributed by atoms with Crippen molar-refractivity contribution in [2.75, 3.05) is 0 Å². The number of carbonyl (C=O) groups excluding carboxylic acids is 1. The molecule has 1 heterocycles. The monoisotopic (exact) mass is 295 g/mol. The lowest BCUT2D eigenvalue weighted by atomic mass is 10.1. The van der Waals surface area contributed by atoms with Crippen molar-refractivity contribution >= 4 is 29.2 Å². The molecule has 1 aromatic heterocycles. The number of ether oxygens (including phenoxy) is 1. The summed E-state index contributed by atoms with van der Waals surface area (Å²) >= 11 is 11.5. The Morgan fingerprint density at radius 3 is 2.32 bits per heavy atom. The number of esters is 1. The van der Waals surface area contributed by atoms with E-state index in [0.29, 0.717) is 5.75 Å². The predicted octanol–water partition coefficient (Wildman–Crippen LogP) is 4.22. The zero-order valence-corrected chi connectivity index (χ0v) is 11.9. The first-order valence-corrected chi connectivity index (χ1v) is 6.33. The van der Waals surface area contributed by atoms with Crippen LogP contribution in [0.1, 0.15) is 21.5 Å². The number of benzene rings is 1. The summed E-state index contributed by atoms with van der Waals surface area (Å²) in [5.41, 5.74) is 2.30. The summed E-state index contributed by atoms with van der Waals surface area (Å²) in [6.45, 7) is 3.87. The van der Waals surface area contributed by atoms with Crippen LogP contribution in [0.3, 0.4) is 0 Å². The maximum absolute atomic E-state index is 11.9. The highest BCUT2D eigenvalue weighted by molar-refractivity contribution is 6.41. The van der Waals surface area contributed by atoms with Crippen LogP contribution < -0.4 is 4.74 Å². The maximum Gasteiger partial charge on any atom is 0.345 e. The maximum atomic E-state index is 11.9. The number of nitrogens with zero attached hydrogens (tertiary/aromatic N) is 1. The number of hydrogen-bond donors (Lipinski definition) is 0. The molecular formula is C14H11Cl2NO2. The minimum absolute atomic E-state index is 0.157. The van der Waals surface area contributed by atoms with E-state index >= 15 is 0 Å². The predicted molar refractivity (Wildman–Crippen MR) is 75.1 cm³/mol. The van der Waals surface area contributed by atoms with Crippen LogP contribution in [0.15, 0.2) is 30.5 Å². The van der Waals surface area contributed by atoms with E-state index < -0.39 is 5.97 Å². The van der Waals surface area contributed by atoms with Gasteiger partial charge in [-0.15, -0.1) is 0 Å². The van der Waals surface area contributed by atoms with Gasteiger partial charge >= 0.3 is 5.97 Å². The van der Waals surface area contributed by atoms with Crippen LogP contribution in [0.5, 0.6) is 5.75 Å². The molecule has 2 rings (SSSR count). The van der Waals surface area contributed by atoms with E-state index in [-0.39, 0.29) is 15.7 Å². The topological polar surface area (TPSA) is 39.2 Å². The lowest BCUT2D eigenvalue weighted by Crippen LogP contribution is -2.09. The fourth-order valence-electron chi connectivity index (χ4n) is 1.69. The molecule has 0 N–H and O–H groups in total. The second kappa shape index (κ2) is 5.59. The van der Waals surface area contributed by atoms with Gasteiger partial charge in [-0.1, -0.05) is 29.3 Å². The molecule has 0 aliphatic heterocycles. The Labute approximate surface area is 121 Å². The molecule has 0 radical (unpaired) electrons. The smallest absolute Gasteiger partial charge is 0.345 e. The summed E-state index contributed by atoms with van der Waals surface area (Å²) < 4.78 is 5.28. The fraction of sp³-hybridized carbons (Fsp3) is 0.143. The van der Waals surface area contributed by atoms with E-state index in [2.05, 4.69) is 4.98 Å². The Morgan fingerprint density at radius 2 is 1.74 bits per heavy atom. The zero-order valence-electron chi connectivity index (χ0n) is 10.4. The lowest BCUT2D eigenvalue weighted by molar-refractivity contribution is 0.0734. The van der Waals surface area contributed by atoms with Crippen LogP contribution in [0, 0.1) is 13.8 Å². The van der Waals surface area contributed by atoms with Gasteiger partial charge in [0.2, 0.25) is 0 Å². The molecule has 5 heteroatoms. The number of aryl methyl sites for hydroxylation is 2. The van der Waals surface area contributed by atoms with Crippen molar-refractivity contribution in [3.63, 3.8) is 0 Å². The number of halogens is 2. The van der Waals surface area contributed by atoms with Gasteiger partial charge in [0, 0.05) is 6.20 Å². The van der Waals surface area contributed by atoms with Crippen LogP contribution in [0.25, 0.3) is 0 Å². The zero-order chi connectivity index (χ0) is 14.0. The third-order valence-corrected chi connectivity index (χ3v) is 3.12. The van der Waals surface area contributed by atoms with Crippen molar-refractivity contribution in [3.05, 3.63) is 57.3 Å². The third kappa shape index (κ3) is 3.46. The van der Waals surface area contributed by atoms with E-state index in [0.717, 1.165) is 11.1 Å². The highest BCUT2D eigenvalue weighted by Gasteiger charge is 2.12. The summed E-state index contributed by atoms with van der Waals surface area (Å²) in [7, 11) is 0. The average Bonchev–Trinajstić information content (AvgIpc) is 2.31. The molecule has 0 aliphatic carbocycles. The van der Waals surface area contributed by atoms with E-state index in [1.807, 2.05) is 19.9 Å². The Hall–Kier alpha value is -1.58. The van der Waals surface area contributed by atoms with Crippen molar-refractivity contribution in [3.8, 4) is 5.75 Å². The van der Waals surface area contributed by atoms with Gasteiger partial charge in [0.1, 0.15) is 10.9 Å². The van der Waals surface area contributed by atoms with Crippen LogP contribution in [-0.4, -0.2) is 11.0 Å². The van der Waals surface area contributed by atoms with Crippen LogP contribution in [0.4, 0.5) is 0 Å². The molecule has 98 valence electrons. The molecule has 19 heavy (non-hydrogen) atoms. The number of aromatic nitrogens is 1. The van der Waals surface area contributed by atoms with Gasteiger partial charge in [0.15, 0.2) is 0 Å². The molecule has 0 bridgehead atoms. The second-order valence-electron chi connectivity index (χ2n) is 4.21. The highest BCUT2D eigenvalue weighted by atomic mass is 35.5. The van der Waals surface area contributed by atoms with Gasteiger partial charge in [-0.25, -0.2) is 9.78 Å². The molecule has 0 aliphatic rings. The van der Waals surface area contributed by atoms with E-state index in [1.54, 1.807) is 12.1 Å². The van der Waals surface area contributed by atoms with Crippen LogP contribution in [0.2, 0.25) is 10.2 Å². The van der Waals surface area contributed by atoms with Crippen molar-refractivity contribution in [1.29, 1.82) is 0 Å². The second-order valence-corrected chi connectivity index (χ2v) is 4.97. The first kappa shape index (κ1) is 13.8. The third-order valence-electron chi connectivity index (χ3n) is 2.44. The molecular weight excluding hydrogens is 285 g/mol. The number of carbonyl (C=O) groups is 1. The Kier molecular flexibility index (Phi) is 4.08. The van der Waals surface area contributed by atoms with Gasteiger partial charge in [0.05, 0.1) is 10.6 Å². The minimum Gasteiger partial charge on any atom is -0.423 e. The number of rotatable bonds is 2. The number of hydrogen-bond acceptors (Lipinski definition) is 3. The summed E-state index contributed by atoms with van der Waals surface area (Å²) in [5.74, 6) is -0.0235. The Bertz CT molecular complexity index is 621. The van der Waals surface area contributed by atoms with Crippen LogP contribution in [-0.2, 0) is 0 Å². The largest absolute Gasteiger partial charge is 0.423 e. The van der Waals surface area contributed by atoms with Crippen molar-refractivity contribution in [2.45, 2.75) is 13.8 Å². The molecule has 3 nitrogen and oxygen atoms in total. The normalized spacial score (nSPS) is 10.3. The van der Waals surface area contributed by atoms with Gasteiger partial charge in [0.25, 0.3) is 0 Å². The van der Waals surface area contributed by atoms with Gasteiger partial charge in [-0.05, 0) is 43.2 Å². The van der Waals surface area contributed by atoms with E-state index in [1.165, 1.54) is 12.3 Å². The summed E-state index contributed by atoms with van der Waals surface area (Å²) in [6.07, 6.45) is 1.33. The van der Waals surface area contributed by atoms with Crippen molar-refractivity contribution in [1.82, 2.24) is 4.98 Å². The van der Waals surface area contributed by atoms with Crippen molar-refractivity contribution < 1.29 is 9.53 Å². The summed E-state index contributed by atoms with van der Waals surface area (Å²) in [4.78, 5) is 15.7. The average molecular weight is 296 g/mol. The quantitative estimate of drug-likeness (QED) is 0.473. The first-order valence-electron chi connectivity index (χ1n) is 5.57.